The molecular weight excluding hydrogens is 280 g/mol. The molecule has 1 aromatic carbocycles. The van der Waals surface area contributed by atoms with Crippen molar-refractivity contribution in [1.82, 2.24) is 0 Å². The van der Waals surface area contributed by atoms with Crippen LogP contribution in [0.4, 0.5) is 0 Å². The zero-order valence-electron chi connectivity index (χ0n) is 13.4. The fraction of sp³-hybridized carbons (Fsp3) is 0.611. The molecule has 1 aliphatic heterocycles. The number of ether oxygens (including phenoxy) is 2. The maximum absolute atomic E-state index is 12.8. The highest BCUT2D eigenvalue weighted by atomic mass is 16.8. The lowest BCUT2D eigenvalue weighted by Crippen LogP contribution is -2.41. The normalized spacial score (nSPS) is 35.6. The predicted octanol–water partition coefficient (Wildman–Crippen LogP) is 2.99. The summed E-state index contributed by atoms with van der Waals surface area (Å²) < 4.78 is 11.9. The summed E-state index contributed by atoms with van der Waals surface area (Å²) in [7, 11) is 0. The number of cyclic esters (lactones) is 1. The molecule has 4 heteroatoms. The van der Waals surface area contributed by atoms with Crippen LogP contribution in [0.5, 0.6) is 0 Å². The lowest BCUT2D eigenvalue weighted by atomic mass is 9.80. The number of benzene rings is 1. The highest BCUT2D eigenvalue weighted by molar-refractivity contribution is 5.83. The van der Waals surface area contributed by atoms with Gasteiger partial charge in [-0.05, 0) is 24.8 Å². The van der Waals surface area contributed by atoms with Crippen LogP contribution in [0.2, 0.25) is 0 Å². The van der Waals surface area contributed by atoms with E-state index < -0.39 is 11.9 Å². The Balaban J connectivity index is 2.03. The van der Waals surface area contributed by atoms with Gasteiger partial charge in [0.15, 0.2) is 5.60 Å². The zero-order chi connectivity index (χ0) is 16.0. The van der Waals surface area contributed by atoms with E-state index >= 15 is 0 Å². The maximum atomic E-state index is 12.8. The molecule has 1 aromatic rings. The summed E-state index contributed by atoms with van der Waals surface area (Å²) >= 11 is 0. The van der Waals surface area contributed by atoms with Gasteiger partial charge in [0.05, 0.1) is 6.10 Å². The minimum atomic E-state index is -1.09. The van der Waals surface area contributed by atoms with Crippen molar-refractivity contribution in [1.29, 1.82) is 0 Å². The Hall–Kier alpha value is -1.39. The Morgan fingerprint density at radius 3 is 2.36 bits per heavy atom. The maximum Gasteiger partial charge on any atom is 0.345 e. The van der Waals surface area contributed by atoms with Gasteiger partial charge in [-0.25, -0.2) is 4.79 Å². The molecule has 0 spiro atoms. The first-order valence-electron chi connectivity index (χ1n) is 7.96. The molecule has 1 aliphatic carbocycles. The van der Waals surface area contributed by atoms with E-state index in [-0.39, 0.29) is 23.4 Å². The van der Waals surface area contributed by atoms with Crippen LogP contribution in [0.15, 0.2) is 30.3 Å². The molecule has 3 rings (SSSR count). The van der Waals surface area contributed by atoms with Crippen molar-refractivity contribution in [3.63, 3.8) is 0 Å². The molecule has 4 nitrogen and oxygen atoms in total. The number of hydrogen-bond donors (Lipinski definition) is 1. The molecule has 0 bridgehead atoms. The molecule has 1 heterocycles. The van der Waals surface area contributed by atoms with E-state index in [2.05, 4.69) is 0 Å². The summed E-state index contributed by atoms with van der Waals surface area (Å²) in [5, 5.41) is 9.93. The molecule has 1 N–H and O–H groups in total. The van der Waals surface area contributed by atoms with Crippen molar-refractivity contribution < 1.29 is 19.4 Å². The van der Waals surface area contributed by atoms with Crippen molar-refractivity contribution in [2.45, 2.75) is 58.0 Å². The lowest BCUT2D eigenvalue weighted by Gasteiger charge is -2.33. The molecule has 120 valence electrons. The first-order valence-corrected chi connectivity index (χ1v) is 7.96. The van der Waals surface area contributed by atoms with E-state index in [1.54, 1.807) is 0 Å². The monoisotopic (exact) mass is 304 g/mol. The van der Waals surface area contributed by atoms with Gasteiger partial charge in [-0.15, -0.1) is 0 Å². The van der Waals surface area contributed by atoms with Crippen molar-refractivity contribution >= 4 is 5.97 Å². The first kappa shape index (κ1) is 15.5. The van der Waals surface area contributed by atoms with E-state index in [0.29, 0.717) is 12.8 Å². The van der Waals surface area contributed by atoms with Crippen LogP contribution in [0.25, 0.3) is 0 Å². The van der Waals surface area contributed by atoms with Crippen molar-refractivity contribution in [2.75, 3.05) is 0 Å². The second kappa shape index (κ2) is 5.36. The van der Waals surface area contributed by atoms with Crippen LogP contribution in [0, 0.1) is 11.3 Å². The van der Waals surface area contributed by atoms with Crippen LogP contribution < -0.4 is 0 Å². The molecule has 2 aliphatic rings. The van der Waals surface area contributed by atoms with Gasteiger partial charge in [0.2, 0.25) is 6.29 Å². The lowest BCUT2D eigenvalue weighted by molar-refractivity contribution is -0.162. The quantitative estimate of drug-likeness (QED) is 0.853. The van der Waals surface area contributed by atoms with Crippen LogP contribution in [-0.2, 0) is 19.9 Å². The third-order valence-electron chi connectivity index (χ3n) is 4.70. The number of aliphatic hydroxyl groups is 1. The van der Waals surface area contributed by atoms with Gasteiger partial charge in [-0.1, -0.05) is 51.1 Å². The van der Waals surface area contributed by atoms with Crippen molar-refractivity contribution in [3.8, 4) is 0 Å². The number of rotatable bonds is 2. The second-order valence-electron chi connectivity index (χ2n) is 7.49. The van der Waals surface area contributed by atoms with E-state index in [1.807, 2.05) is 51.1 Å². The fourth-order valence-electron chi connectivity index (χ4n) is 3.48. The molecule has 2 fully saturated rings. The molecule has 0 aromatic heterocycles. The predicted molar refractivity (Wildman–Crippen MR) is 81.9 cm³/mol. The fourth-order valence-corrected chi connectivity index (χ4v) is 3.48. The summed E-state index contributed by atoms with van der Waals surface area (Å²) in [4.78, 5) is 12.8. The van der Waals surface area contributed by atoms with Crippen molar-refractivity contribution in [3.05, 3.63) is 35.9 Å². The Morgan fingerprint density at radius 2 is 1.86 bits per heavy atom. The highest BCUT2D eigenvalue weighted by Crippen LogP contribution is 2.50. The Bertz CT molecular complexity index is 548. The number of esters is 1. The zero-order valence-corrected chi connectivity index (χ0v) is 13.4. The van der Waals surface area contributed by atoms with E-state index in [4.69, 9.17) is 9.47 Å². The van der Waals surface area contributed by atoms with Gasteiger partial charge >= 0.3 is 5.97 Å². The Kier molecular flexibility index (Phi) is 3.77. The molecular formula is C18H24O4. The minimum absolute atomic E-state index is 0.0512. The third kappa shape index (κ3) is 2.44. The molecule has 0 radical (unpaired) electrons. The summed E-state index contributed by atoms with van der Waals surface area (Å²) in [5.41, 5.74) is -0.550. The number of hydrogen-bond acceptors (Lipinski definition) is 4. The van der Waals surface area contributed by atoms with Gasteiger partial charge in [0.1, 0.15) is 0 Å². The molecule has 4 atom stereocenters. The van der Waals surface area contributed by atoms with Crippen LogP contribution >= 0.6 is 0 Å². The van der Waals surface area contributed by atoms with Crippen LogP contribution in [0.3, 0.4) is 0 Å². The molecule has 0 amide bonds. The van der Waals surface area contributed by atoms with Crippen LogP contribution in [-0.4, -0.2) is 23.5 Å². The largest absolute Gasteiger partial charge is 0.433 e. The summed E-state index contributed by atoms with van der Waals surface area (Å²) in [6.45, 7) is 5.99. The average Bonchev–Trinajstić information content (AvgIpc) is 3.04. The topological polar surface area (TPSA) is 55.8 Å². The molecule has 22 heavy (non-hydrogen) atoms. The van der Waals surface area contributed by atoms with E-state index in [0.717, 1.165) is 12.0 Å². The first-order chi connectivity index (χ1) is 10.3. The van der Waals surface area contributed by atoms with Gasteiger partial charge in [-0.3, -0.25) is 0 Å². The van der Waals surface area contributed by atoms with Gasteiger partial charge < -0.3 is 14.6 Å². The van der Waals surface area contributed by atoms with E-state index in [9.17, 15) is 9.90 Å². The van der Waals surface area contributed by atoms with E-state index in [1.165, 1.54) is 0 Å². The second-order valence-corrected chi connectivity index (χ2v) is 7.49. The average molecular weight is 304 g/mol. The molecule has 1 unspecified atom stereocenters. The summed E-state index contributed by atoms with van der Waals surface area (Å²) in [5.74, 6) is -0.373. The number of aliphatic hydroxyl groups excluding tert-OH is 1. The van der Waals surface area contributed by atoms with Crippen LogP contribution in [0.1, 0.15) is 45.6 Å². The molecule has 1 saturated heterocycles. The third-order valence-corrected chi connectivity index (χ3v) is 4.70. The number of carbonyl (C=O) groups is 1. The van der Waals surface area contributed by atoms with Crippen molar-refractivity contribution in [2.24, 2.45) is 11.3 Å². The summed E-state index contributed by atoms with van der Waals surface area (Å²) in [6, 6.07) is 9.56. The SMILES string of the molecule is CC(C)(C)[C@H]1OC(=O)[C@](c2ccccc2)([C@@H]2CCC(O)C2)O1. The Labute approximate surface area is 131 Å². The highest BCUT2D eigenvalue weighted by Gasteiger charge is 2.59. The Morgan fingerprint density at radius 1 is 1.18 bits per heavy atom. The van der Waals surface area contributed by atoms with Gasteiger partial charge in [-0.2, -0.15) is 0 Å². The summed E-state index contributed by atoms with van der Waals surface area (Å²) in [6.07, 6.45) is 1.10. The standard InChI is InChI=1S/C18H24O4/c1-17(2,3)16-21-15(20)18(22-16,12-7-5-4-6-8-12)13-9-10-14(19)11-13/h4-8,13-14,16,19H,9-11H2,1-3H3/t13-,14?,16+,18+/m1/s1. The van der Waals surface area contributed by atoms with Gasteiger partial charge in [0.25, 0.3) is 0 Å². The number of carbonyl (C=O) groups excluding carboxylic acids is 1. The minimum Gasteiger partial charge on any atom is -0.433 e. The molecule has 1 saturated carbocycles. The van der Waals surface area contributed by atoms with Gasteiger partial charge in [0, 0.05) is 11.3 Å². The smallest absolute Gasteiger partial charge is 0.345 e.